The molecule has 132 valence electrons. The van der Waals surface area contributed by atoms with Gasteiger partial charge in [0.2, 0.25) is 0 Å². The minimum atomic E-state index is 0.0551. The Morgan fingerprint density at radius 1 is 1.29 bits per heavy atom. The maximum Gasteiger partial charge on any atom is 0.317 e. The van der Waals surface area contributed by atoms with E-state index in [-0.39, 0.29) is 18.1 Å². The van der Waals surface area contributed by atoms with Crippen molar-refractivity contribution in [3.63, 3.8) is 0 Å². The van der Waals surface area contributed by atoms with Crippen LogP contribution in [0.4, 0.5) is 4.79 Å². The molecule has 0 spiro atoms. The molecule has 2 amide bonds. The van der Waals surface area contributed by atoms with E-state index in [9.17, 15) is 4.79 Å². The number of hydrogen-bond acceptors (Lipinski definition) is 4. The highest BCUT2D eigenvalue weighted by Gasteiger charge is 2.28. The molecule has 2 saturated heterocycles. The molecule has 0 aliphatic carbocycles. The van der Waals surface area contributed by atoms with E-state index >= 15 is 0 Å². The molecule has 3 atom stereocenters. The van der Waals surface area contributed by atoms with Gasteiger partial charge >= 0.3 is 6.03 Å². The van der Waals surface area contributed by atoms with Gasteiger partial charge in [-0.3, -0.25) is 9.88 Å². The van der Waals surface area contributed by atoms with Crippen LogP contribution >= 0.6 is 0 Å². The fourth-order valence-electron chi connectivity index (χ4n) is 3.47. The first kappa shape index (κ1) is 17.2. The first-order valence-corrected chi connectivity index (χ1v) is 8.93. The summed E-state index contributed by atoms with van der Waals surface area (Å²) in [6.45, 7) is 9.12. The van der Waals surface area contributed by atoms with Crippen molar-refractivity contribution in [2.45, 2.75) is 32.4 Å². The number of nitrogens with zero attached hydrogens (tertiary/aromatic N) is 3. The number of aromatic nitrogens is 1. The van der Waals surface area contributed by atoms with Crippen LogP contribution in [-0.4, -0.2) is 66.2 Å². The Morgan fingerprint density at radius 3 is 2.71 bits per heavy atom. The van der Waals surface area contributed by atoms with Crippen LogP contribution in [0.15, 0.2) is 24.4 Å². The highest BCUT2D eigenvalue weighted by molar-refractivity contribution is 5.74. The Hall–Kier alpha value is -1.66. The van der Waals surface area contributed by atoms with Gasteiger partial charge in [0.15, 0.2) is 0 Å². The Bertz CT molecular complexity index is 525. The summed E-state index contributed by atoms with van der Waals surface area (Å²) in [6.07, 6.45) is 2.88. The van der Waals surface area contributed by atoms with Crippen molar-refractivity contribution < 1.29 is 9.53 Å². The number of ether oxygens (including phenoxy) is 1. The number of nitrogens with one attached hydrogen (secondary N) is 1. The zero-order chi connectivity index (χ0) is 16.9. The second kappa shape index (κ2) is 7.94. The van der Waals surface area contributed by atoms with Crippen molar-refractivity contribution in [3.05, 3.63) is 30.1 Å². The maximum absolute atomic E-state index is 12.5. The molecule has 0 unspecified atom stereocenters. The molecule has 0 radical (unpaired) electrons. The number of hydrogen-bond donors (Lipinski definition) is 1. The molecule has 6 heteroatoms. The third kappa shape index (κ3) is 4.05. The fraction of sp³-hybridized carbons (Fsp3) is 0.667. The van der Waals surface area contributed by atoms with E-state index in [2.05, 4.69) is 35.1 Å². The Morgan fingerprint density at radius 2 is 2.08 bits per heavy atom. The maximum atomic E-state index is 12.5. The number of carbonyl (C=O) groups is 1. The molecule has 0 saturated carbocycles. The van der Waals surface area contributed by atoms with Crippen LogP contribution in [0.25, 0.3) is 0 Å². The van der Waals surface area contributed by atoms with E-state index in [0.29, 0.717) is 5.92 Å². The predicted octanol–water partition coefficient (Wildman–Crippen LogP) is 1.89. The first-order chi connectivity index (χ1) is 11.6. The van der Waals surface area contributed by atoms with Gasteiger partial charge in [0.25, 0.3) is 0 Å². The molecule has 1 N–H and O–H groups in total. The van der Waals surface area contributed by atoms with E-state index in [1.165, 1.54) is 0 Å². The molecule has 6 nitrogen and oxygen atoms in total. The average molecular weight is 332 g/mol. The minimum absolute atomic E-state index is 0.0551. The second-order valence-electron chi connectivity index (χ2n) is 6.82. The Balaban J connectivity index is 1.46. The SMILES string of the molecule is C[C@H](NC(=O)N1CCN([C@@H](C)c2ccccn2)CC1)[C@H]1CCOC1. The van der Waals surface area contributed by atoms with Crippen molar-refractivity contribution in [1.82, 2.24) is 20.1 Å². The smallest absolute Gasteiger partial charge is 0.317 e. The molecule has 3 rings (SSSR count). The van der Waals surface area contributed by atoms with E-state index in [1.807, 2.05) is 23.2 Å². The van der Waals surface area contributed by atoms with E-state index in [0.717, 1.165) is 51.5 Å². The molecule has 24 heavy (non-hydrogen) atoms. The number of carbonyl (C=O) groups excluding carboxylic acids is 1. The molecule has 0 bridgehead atoms. The summed E-state index contributed by atoms with van der Waals surface area (Å²) in [5.41, 5.74) is 1.09. The molecular weight excluding hydrogens is 304 g/mol. The lowest BCUT2D eigenvalue weighted by molar-refractivity contribution is 0.109. The average Bonchev–Trinajstić information content (AvgIpc) is 3.17. The van der Waals surface area contributed by atoms with Crippen LogP contribution < -0.4 is 5.32 Å². The predicted molar refractivity (Wildman–Crippen MR) is 92.7 cm³/mol. The van der Waals surface area contributed by atoms with Crippen molar-refractivity contribution in [2.75, 3.05) is 39.4 Å². The summed E-state index contributed by atoms with van der Waals surface area (Å²) in [7, 11) is 0. The molecule has 2 aliphatic heterocycles. The number of urea groups is 1. The van der Waals surface area contributed by atoms with Gasteiger partial charge in [0.05, 0.1) is 12.3 Å². The summed E-state index contributed by atoms with van der Waals surface area (Å²) >= 11 is 0. The summed E-state index contributed by atoms with van der Waals surface area (Å²) in [4.78, 5) is 21.2. The van der Waals surface area contributed by atoms with Gasteiger partial charge in [0.1, 0.15) is 0 Å². The van der Waals surface area contributed by atoms with Crippen LogP contribution in [0, 0.1) is 5.92 Å². The normalized spacial score (nSPS) is 24.6. The Labute approximate surface area is 144 Å². The van der Waals surface area contributed by atoms with Crippen LogP contribution in [0.3, 0.4) is 0 Å². The Kier molecular flexibility index (Phi) is 5.68. The van der Waals surface area contributed by atoms with Crippen LogP contribution in [0.1, 0.15) is 32.0 Å². The van der Waals surface area contributed by atoms with Crippen LogP contribution in [0.2, 0.25) is 0 Å². The highest BCUT2D eigenvalue weighted by atomic mass is 16.5. The quantitative estimate of drug-likeness (QED) is 0.915. The van der Waals surface area contributed by atoms with Gasteiger partial charge in [0, 0.05) is 57.0 Å². The summed E-state index contributed by atoms with van der Waals surface area (Å²) in [5, 5.41) is 3.14. The fourth-order valence-corrected chi connectivity index (χ4v) is 3.47. The third-order valence-electron chi connectivity index (χ3n) is 5.29. The van der Waals surface area contributed by atoms with Crippen molar-refractivity contribution in [3.8, 4) is 0 Å². The lowest BCUT2D eigenvalue weighted by atomic mass is 10.0. The summed E-state index contributed by atoms with van der Waals surface area (Å²) < 4.78 is 5.41. The number of pyridine rings is 1. The number of rotatable bonds is 4. The molecule has 3 heterocycles. The van der Waals surface area contributed by atoms with Gasteiger partial charge in [-0.1, -0.05) is 6.07 Å². The summed E-state index contributed by atoms with van der Waals surface area (Å²) in [5.74, 6) is 0.444. The standard InChI is InChI=1S/C18H28N4O2/c1-14(16-6-12-24-13-16)20-18(23)22-10-8-21(9-11-22)15(2)17-5-3-4-7-19-17/h3-5,7,14-16H,6,8-13H2,1-2H3,(H,20,23)/t14-,15-,16-/m0/s1. The monoisotopic (exact) mass is 332 g/mol. The van der Waals surface area contributed by atoms with Crippen molar-refractivity contribution in [2.24, 2.45) is 5.92 Å². The van der Waals surface area contributed by atoms with Crippen LogP contribution in [0.5, 0.6) is 0 Å². The molecule has 1 aromatic heterocycles. The van der Waals surface area contributed by atoms with Crippen LogP contribution in [-0.2, 0) is 4.74 Å². The number of piperazine rings is 1. The first-order valence-electron chi connectivity index (χ1n) is 8.93. The lowest BCUT2D eigenvalue weighted by Gasteiger charge is -2.38. The minimum Gasteiger partial charge on any atom is -0.381 e. The largest absolute Gasteiger partial charge is 0.381 e. The molecular formula is C18H28N4O2. The molecule has 0 aromatic carbocycles. The van der Waals surface area contributed by atoms with Crippen molar-refractivity contribution in [1.29, 1.82) is 0 Å². The lowest BCUT2D eigenvalue weighted by Crippen LogP contribution is -2.54. The summed E-state index contributed by atoms with van der Waals surface area (Å²) in [6, 6.07) is 6.54. The van der Waals surface area contributed by atoms with Gasteiger partial charge in [-0.05, 0) is 32.4 Å². The topological polar surface area (TPSA) is 57.7 Å². The van der Waals surface area contributed by atoms with E-state index in [4.69, 9.17) is 4.74 Å². The zero-order valence-corrected chi connectivity index (χ0v) is 14.6. The van der Waals surface area contributed by atoms with Gasteiger partial charge in [-0.25, -0.2) is 4.79 Å². The second-order valence-corrected chi connectivity index (χ2v) is 6.82. The van der Waals surface area contributed by atoms with Crippen molar-refractivity contribution >= 4 is 6.03 Å². The molecule has 2 fully saturated rings. The number of amides is 2. The zero-order valence-electron chi connectivity index (χ0n) is 14.6. The highest BCUT2D eigenvalue weighted by Crippen LogP contribution is 2.20. The van der Waals surface area contributed by atoms with Gasteiger partial charge < -0.3 is 15.0 Å². The van der Waals surface area contributed by atoms with Gasteiger partial charge in [-0.15, -0.1) is 0 Å². The van der Waals surface area contributed by atoms with E-state index < -0.39 is 0 Å². The molecule has 1 aromatic rings. The third-order valence-corrected chi connectivity index (χ3v) is 5.29. The van der Waals surface area contributed by atoms with E-state index in [1.54, 1.807) is 0 Å². The van der Waals surface area contributed by atoms with Gasteiger partial charge in [-0.2, -0.15) is 0 Å². The molecule has 2 aliphatic rings.